The van der Waals surface area contributed by atoms with Crippen LogP contribution in [0, 0.1) is 0 Å². The maximum atomic E-state index is 4.51. The van der Waals surface area contributed by atoms with E-state index in [1.807, 2.05) is 11.8 Å². The summed E-state index contributed by atoms with van der Waals surface area (Å²) in [6.07, 6.45) is 14.1. The fourth-order valence-electron chi connectivity index (χ4n) is 3.33. The van der Waals surface area contributed by atoms with E-state index >= 15 is 0 Å². The van der Waals surface area contributed by atoms with E-state index in [-0.39, 0.29) is 0 Å². The lowest BCUT2D eigenvalue weighted by atomic mass is 9.93. The molecule has 1 N–H and O–H groups in total. The van der Waals surface area contributed by atoms with Crippen molar-refractivity contribution in [3.8, 4) is 0 Å². The van der Waals surface area contributed by atoms with E-state index < -0.39 is 0 Å². The van der Waals surface area contributed by atoms with Crippen LogP contribution in [0.2, 0.25) is 0 Å². The third-order valence-electron chi connectivity index (χ3n) is 4.43. The van der Waals surface area contributed by atoms with Crippen LogP contribution < -0.4 is 5.32 Å². The summed E-state index contributed by atoms with van der Waals surface area (Å²) >= 11 is 2.02. The molecule has 3 nitrogen and oxygen atoms in total. The lowest BCUT2D eigenvalue weighted by Crippen LogP contribution is -2.29. The predicted octanol–water partition coefficient (Wildman–Crippen LogP) is 3.44. The number of nitrogens with one attached hydrogen (secondary N) is 1. The normalized spacial score (nSPS) is 26.8. The molecule has 1 aromatic rings. The second kappa shape index (κ2) is 6.12. The minimum atomic E-state index is 0.604. The first-order valence-electron chi connectivity index (χ1n) is 7.49. The van der Waals surface area contributed by atoms with E-state index in [2.05, 4.69) is 21.5 Å². The number of rotatable bonds is 3. The van der Waals surface area contributed by atoms with Gasteiger partial charge in [0.05, 0.1) is 0 Å². The zero-order chi connectivity index (χ0) is 13.1. The second-order valence-electron chi connectivity index (χ2n) is 5.72. The summed E-state index contributed by atoms with van der Waals surface area (Å²) in [4.78, 5) is 8.96. The van der Waals surface area contributed by atoms with Crippen molar-refractivity contribution >= 4 is 17.6 Å². The van der Waals surface area contributed by atoms with Gasteiger partial charge in [-0.25, -0.2) is 9.97 Å². The average molecular weight is 277 g/mol. The highest BCUT2D eigenvalue weighted by Crippen LogP contribution is 2.30. The zero-order valence-electron chi connectivity index (χ0n) is 11.7. The monoisotopic (exact) mass is 277 g/mol. The topological polar surface area (TPSA) is 37.8 Å². The summed E-state index contributed by atoms with van der Waals surface area (Å²) in [5.74, 6) is 1.12. The van der Waals surface area contributed by atoms with Gasteiger partial charge in [0.1, 0.15) is 12.1 Å². The van der Waals surface area contributed by atoms with Gasteiger partial charge < -0.3 is 5.32 Å². The molecule has 0 radical (unpaired) electrons. The van der Waals surface area contributed by atoms with Crippen molar-refractivity contribution in [1.29, 1.82) is 0 Å². The molecule has 0 bridgehead atoms. The van der Waals surface area contributed by atoms with Gasteiger partial charge in [0, 0.05) is 22.5 Å². The van der Waals surface area contributed by atoms with Crippen molar-refractivity contribution in [2.75, 3.05) is 11.6 Å². The van der Waals surface area contributed by atoms with Gasteiger partial charge in [-0.1, -0.05) is 6.42 Å². The van der Waals surface area contributed by atoms with Crippen LogP contribution in [0.15, 0.2) is 6.33 Å². The number of aromatic nitrogens is 2. The van der Waals surface area contributed by atoms with E-state index in [1.165, 1.54) is 49.8 Å². The third-order valence-corrected chi connectivity index (χ3v) is 5.52. The molecule has 104 valence electrons. The molecule has 3 rings (SSSR count). The number of hydrogen-bond acceptors (Lipinski definition) is 4. The van der Waals surface area contributed by atoms with Gasteiger partial charge in [-0.2, -0.15) is 11.8 Å². The van der Waals surface area contributed by atoms with Gasteiger partial charge in [0.2, 0.25) is 0 Å². The Bertz CT molecular complexity index is 435. The summed E-state index contributed by atoms with van der Waals surface area (Å²) in [6, 6.07) is 0.604. The van der Waals surface area contributed by atoms with Crippen LogP contribution >= 0.6 is 11.8 Å². The van der Waals surface area contributed by atoms with Crippen LogP contribution in [0.5, 0.6) is 0 Å². The van der Waals surface area contributed by atoms with Crippen molar-refractivity contribution < 1.29 is 0 Å². The molecule has 0 spiro atoms. The van der Waals surface area contributed by atoms with Crippen molar-refractivity contribution in [1.82, 2.24) is 9.97 Å². The molecule has 0 saturated heterocycles. The Morgan fingerprint density at radius 1 is 1.16 bits per heavy atom. The van der Waals surface area contributed by atoms with Gasteiger partial charge in [-0.05, 0) is 51.2 Å². The highest BCUT2D eigenvalue weighted by Gasteiger charge is 2.23. The summed E-state index contributed by atoms with van der Waals surface area (Å²) in [6.45, 7) is 0. The number of nitrogens with zero attached hydrogens (tertiary/aromatic N) is 2. The van der Waals surface area contributed by atoms with Crippen LogP contribution in [0.25, 0.3) is 0 Å². The number of anilines is 1. The van der Waals surface area contributed by atoms with Crippen LogP contribution in [0.4, 0.5) is 5.82 Å². The lowest BCUT2D eigenvalue weighted by molar-refractivity contribution is 0.472. The molecule has 0 aliphatic heterocycles. The number of aryl methyl sites for hydroxylation is 1. The van der Waals surface area contributed by atoms with Crippen LogP contribution in [0.3, 0.4) is 0 Å². The molecule has 2 atom stereocenters. The van der Waals surface area contributed by atoms with Crippen molar-refractivity contribution in [3.05, 3.63) is 17.6 Å². The van der Waals surface area contributed by atoms with Crippen LogP contribution in [-0.4, -0.2) is 27.5 Å². The minimum absolute atomic E-state index is 0.604. The maximum absolute atomic E-state index is 4.51. The third kappa shape index (κ3) is 3.04. The van der Waals surface area contributed by atoms with Crippen molar-refractivity contribution in [2.24, 2.45) is 0 Å². The Balaban J connectivity index is 1.72. The number of fused-ring (bicyclic) bond motifs is 1. The minimum Gasteiger partial charge on any atom is -0.367 e. The van der Waals surface area contributed by atoms with E-state index in [4.69, 9.17) is 0 Å². The molecule has 2 aliphatic rings. The standard InChI is InChI=1S/C15H23N3S/c1-19-12-6-4-5-11(9-12)18-15-13-7-2-3-8-14(13)16-10-17-15/h10-12H,2-9H2,1H3,(H,16,17,18). The van der Waals surface area contributed by atoms with Crippen LogP contribution in [-0.2, 0) is 12.8 Å². The van der Waals surface area contributed by atoms with Gasteiger partial charge >= 0.3 is 0 Å². The SMILES string of the molecule is CSC1CCCC(Nc2ncnc3c2CCCC3)C1. The van der Waals surface area contributed by atoms with E-state index in [1.54, 1.807) is 6.33 Å². The first-order valence-corrected chi connectivity index (χ1v) is 8.77. The van der Waals surface area contributed by atoms with E-state index in [0.29, 0.717) is 6.04 Å². The Kier molecular flexibility index (Phi) is 4.26. The quantitative estimate of drug-likeness (QED) is 0.918. The lowest BCUT2D eigenvalue weighted by Gasteiger charge is -2.30. The molecule has 1 saturated carbocycles. The summed E-state index contributed by atoms with van der Waals surface area (Å²) < 4.78 is 0. The maximum Gasteiger partial charge on any atom is 0.133 e. The first-order chi connectivity index (χ1) is 9.36. The molecule has 2 aliphatic carbocycles. The Hall–Kier alpha value is -0.770. The van der Waals surface area contributed by atoms with Gasteiger partial charge in [0.25, 0.3) is 0 Å². The van der Waals surface area contributed by atoms with Gasteiger partial charge in [0.15, 0.2) is 0 Å². The van der Waals surface area contributed by atoms with E-state index in [0.717, 1.165) is 23.9 Å². The van der Waals surface area contributed by atoms with Crippen molar-refractivity contribution in [3.63, 3.8) is 0 Å². The molecule has 1 heterocycles. The largest absolute Gasteiger partial charge is 0.367 e. The first kappa shape index (κ1) is 13.2. The second-order valence-corrected chi connectivity index (χ2v) is 6.86. The number of hydrogen-bond donors (Lipinski definition) is 1. The molecule has 1 fully saturated rings. The molecule has 1 aromatic heterocycles. The Morgan fingerprint density at radius 2 is 2.05 bits per heavy atom. The summed E-state index contributed by atoms with van der Waals surface area (Å²) in [5.41, 5.74) is 2.67. The van der Waals surface area contributed by atoms with Gasteiger partial charge in [-0.3, -0.25) is 0 Å². The summed E-state index contributed by atoms with van der Waals surface area (Å²) in [5, 5.41) is 4.53. The molecule has 2 unspecified atom stereocenters. The highest BCUT2D eigenvalue weighted by molar-refractivity contribution is 7.99. The molecule has 0 amide bonds. The average Bonchev–Trinajstić information content (AvgIpc) is 2.48. The van der Waals surface area contributed by atoms with Crippen molar-refractivity contribution in [2.45, 2.75) is 62.7 Å². The summed E-state index contributed by atoms with van der Waals surface area (Å²) in [7, 11) is 0. The molecular formula is C15H23N3S. The molecule has 4 heteroatoms. The molecular weight excluding hydrogens is 254 g/mol. The molecule has 0 aromatic carbocycles. The molecule has 19 heavy (non-hydrogen) atoms. The predicted molar refractivity (Wildman–Crippen MR) is 81.9 cm³/mol. The fourth-order valence-corrected chi connectivity index (χ4v) is 4.16. The van der Waals surface area contributed by atoms with Gasteiger partial charge in [-0.15, -0.1) is 0 Å². The highest BCUT2D eigenvalue weighted by atomic mass is 32.2. The fraction of sp³-hybridized carbons (Fsp3) is 0.733. The van der Waals surface area contributed by atoms with E-state index in [9.17, 15) is 0 Å². The Morgan fingerprint density at radius 3 is 2.95 bits per heavy atom. The zero-order valence-corrected chi connectivity index (χ0v) is 12.5. The number of thioether (sulfide) groups is 1. The Labute approximate surface area is 120 Å². The smallest absolute Gasteiger partial charge is 0.133 e. The van der Waals surface area contributed by atoms with Crippen LogP contribution in [0.1, 0.15) is 49.8 Å².